The molecule has 0 amide bonds. The second kappa shape index (κ2) is 3.77. The molecule has 0 unspecified atom stereocenters. The Morgan fingerprint density at radius 2 is 2.00 bits per heavy atom. The number of pyridine rings is 1. The topological polar surface area (TPSA) is 22.1 Å². The highest BCUT2D eigenvalue weighted by atomic mass is 16.5. The van der Waals surface area contributed by atoms with Crippen LogP contribution in [-0.4, -0.2) is 11.1 Å². The molecule has 1 rings (SSSR count). The van der Waals surface area contributed by atoms with Crippen LogP contribution in [0.1, 0.15) is 27.7 Å². The van der Waals surface area contributed by atoms with Crippen LogP contribution in [-0.2, 0) is 0 Å². The lowest BCUT2D eigenvalue weighted by molar-refractivity contribution is 0.0985. The van der Waals surface area contributed by atoms with E-state index in [1.54, 1.807) is 6.20 Å². The van der Waals surface area contributed by atoms with Gasteiger partial charge in [-0.3, -0.25) is 0 Å². The summed E-state index contributed by atoms with van der Waals surface area (Å²) in [5.74, 6) is 0.699. The SMILES string of the molecule is C[C@H](Oc1ccccn1)C(C)(C)C. The van der Waals surface area contributed by atoms with Crippen LogP contribution < -0.4 is 4.74 Å². The fourth-order valence-electron chi connectivity index (χ4n) is 0.775. The van der Waals surface area contributed by atoms with E-state index in [1.165, 1.54) is 0 Å². The fraction of sp³-hybridized carbons (Fsp3) is 0.545. The third-order valence-electron chi connectivity index (χ3n) is 2.15. The Morgan fingerprint density at radius 3 is 2.46 bits per heavy atom. The van der Waals surface area contributed by atoms with Crippen LogP contribution in [0.4, 0.5) is 0 Å². The quantitative estimate of drug-likeness (QED) is 0.696. The van der Waals surface area contributed by atoms with Gasteiger partial charge in [0.15, 0.2) is 0 Å². The first kappa shape index (κ1) is 10.0. The van der Waals surface area contributed by atoms with Crippen molar-refractivity contribution in [3.8, 4) is 5.88 Å². The van der Waals surface area contributed by atoms with Gasteiger partial charge in [0, 0.05) is 12.3 Å². The summed E-state index contributed by atoms with van der Waals surface area (Å²) in [5.41, 5.74) is 0.150. The summed E-state index contributed by atoms with van der Waals surface area (Å²) in [4.78, 5) is 4.11. The zero-order valence-electron chi connectivity index (χ0n) is 8.74. The van der Waals surface area contributed by atoms with Crippen LogP contribution in [0.15, 0.2) is 24.4 Å². The lowest BCUT2D eigenvalue weighted by Crippen LogP contribution is -2.29. The van der Waals surface area contributed by atoms with E-state index in [-0.39, 0.29) is 11.5 Å². The molecule has 1 aromatic rings. The summed E-state index contributed by atoms with van der Waals surface area (Å²) in [5, 5.41) is 0. The average Bonchev–Trinajstić information content (AvgIpc) is 2.04. The second-order valence-electron chi connectivity index (χ2n) is 4.29. The molecule has 72 valence electrons. The van der Waals surface area contributed by atoms with E-state index in [2.05, 4.69) is 32.7 Å². The summed E-state index contributed by atoms with van der Waals surface area (Å²) in [7, 11) is 0. The predicted molar refractivity (Wildman–Crippen MR) is 53.8 cm³/mol. The molecule has 0 aromatic carbocycles. The molecule has 2 nitrogen and oxygen atoms in total. The second-order valence-corrected chi connectivity index (χ2v) is 4.29. The first-order chi connectivity index (χ1) is 6.00. The number of nitrogens with zero attached hydrogens (tertiary/aromatic N) is 1. The molecule has 0 aliphatic rings. The maximum atomic E-state index is 5.67. The van der Waals surface area contributed by atoms with Gasteiger partial charge in [0.2, 0.25) is 5.88 Å². The summed E-state index contributed by atoms with van der Waals surface area (Å²) in [6.07, 6.45) is 1.91. The molecule has 0 aliphatic carbocycles. The molecule has 2 heteroatoms. The minimum Gasteiger partial charge on any atom is -0.474 e. The first-order valence-corrected chi connectivity index (χ1v) is 4.58. The Balaban J connectivity index is 2.61. The van der Waals surface area contributed by atoms with Gasteiger partial charge in [-0.25, -0.2) is 4.98 Å². The summed E-state index contributed by atoms with van der Waals surface area (Å²) < 4.78 is 5.67. The lowest BCUT2D eigenvalue weighted by atomic mass is 9.90. The zero-order chi connectivity index (χ0) is 9.90. The van der Waals surface area contributed by atoms with Gasteiger partial charge in [0.1, 0.15) is 6.10 Å². The van der Waals surface area contributed by atoms with Crippen molar-refractivity contribution in [3.05, 3.63) is 24.4 Å². The van der Waals surface area contributed by atoms with Crippen molar-refractivity contribution < 1.29 is 4.74 Å². The largest absolute Gasteiger partial charge is 0.474 e. The third-order valence-corrected chi connectivity index (χ3v) is 2.15. The minimum absolute atomic E-state index is 0.150. The van der Waals surface area contributed by atoms with Crippen molar-refractivity contribution in [3.63, 3.8) is 0 Å². The number of ether oxygens (including phenoxy) is 1. The van der Waals surface area contributed by atoms with E-state index < -0.39 is 0 Å². The van der Waals surface area contributed by atoms with Crippen LogP contribution >= 0.6 is 0 Å². The van der Waals surface area contributed by atoms with E-state index in [0.717, 1.165) is 0 Å². The standard InChI is InChI=1S/C11H17NO/c1-9(11(2,3)4)13-10-7-5-6-8-12-10/h5-9H,1-4H3/t9-/m0/s1. The molecule has 13 heavy (non-hydrogen) atoms. The van der Waals surface area contributed by atoms with Gasteiger partial charge >= 0.3 is 0 Å². The van der Waals surface area contributed by atoms with Crippen molar-refractivity contribution in [2.24, 2.45) is 5.41 Å². The van der Waals surface area contributed by atoms with Gasteiger partial charge in [-0.2, -0.15) is 0 Å². The fourth-order valence-corrected chi connectivity index (χ4v) is 0.775. The summed E-state index contributed by atoms with van der Waals surface area (Å²) in [6.45, 7) is 8.52. The number of aromatic nitrogens is 1. The number of rotatable bonds is 2. The molecule has 0 aliphatic heterocycles. The molecule has 1 heterocycles. The Morgan fingerprint density at radius 1 is 1.31 bits per heavy atom. The third kappa shape index (κ3) is 3.05. The van der Waals surface area contributed by atoms with Crippen molar-refractivity contribution in [2.45, 2.75) is 33.8 Å². The normalized spacial score (nSPS) is 13.8. The molecule has 0 saturated heterocycles. The van der Waals surface area contributed by atoms with Gasteiger partial charge in [-0.15, -0.1) is 0 Å². The zero-order valence-corrected chi connectivity index (χ0v) is 8.74. The van der Waals surface area contributed by atoms with Gasteiger partial charge in [-0.05, 0) is 18.4 Å². The van der Waals surface area contributed by atoms with Crippen LogP contribution in [0.2, 0.25) is 0 Å². The maximum Gasteiger partial charge on any atom is 0.213 e. The Labute approximate surface area is 80.0 Å². The molecule has 1 aromatic heterocycles. The Bertz CT molecular complexity index is 251. The van der Waals surface area contributed by atoms with Gasteiger partial charge in [-0.1, -0.05) is 26.8 Å². The van der Waals surface area contributed by atoms with E-state index in [0.29, 0.717) is 5.88 Å². The molecule has 0 spiro atoms. The van der Waals surface area contributed by atoms with E-state index in [1.807, 2.05) is 18.2 Å². The predicted octanol–water partition coefficient (Wildman–Crippen LogP) is 2.90. The lowest BCUT2D eigenvalue weighted by Gasteiger charge is -2.27. The molecule has 1 atom stereocenters. The first-order valence-electron chi connectivity index (χ1n) is 4.58. The van der Waals surface area contributed by atoms with E-state index in [9.17, 15) is 0 Å². The molecule has 0 N–H and O–H groups in total. The number of hydrogen-bond acceptors (Lipinski definition) is 2. The van der Waals surface area contributed by atoms with Gasteiger partial charge in [0.25, 0.3) is 0 Å². The molecule has 0 bridgehead atoms. The van der Waals surface area contributed by atoms with Crippen LogP contribution in [0.25, 0.3) is 0 Å². The number of hydrogen-bond donors (Lipinski definition) is 0. The smallest absolute Gasteiger partial charge is 0.213 e. The van der Waals surface area contributed by atoms with Crippen molar-refractivity contribution in [1.29, 1.82) is 0 Å². The van der Waals surface area contributed by atoms with Crippen molar-refractivity contribution >= 4 is 0 Å². The van der Waals surface area contributed by atoms with Gasteiger partial charge in [0.05, 0.1) is 0 Å². The minimum atomic E-state index is 0.150. The van der Waals surface area contributed by atoms with Crippen LogP contribution in [0, 0.1) is 5.41 Å². The van der Waals surface area contributed by atoms with Gasteiger partial charge < -0.3 is 4.74 Å². The monoisotopic (exact) mass is 179 g/mol. The van der Waals surface area contributed by atoms with Crippen LogP contribution in [0.5, 0.6) is 5.88 Å². The maximum absolute atomic E-state index is 5.67. The highest BCUT2D eigenvalue weighted by molar-refractivity contribution is 5.09. The average molecular weight is 179 g/mol. The van der Waals surface area contributed by atoms with Crippen molar-refractivity contribution in [2.75, 3.05) is 0 Å². The van der Waals surface area contributed by atoms with E-state index in [4.69, 9.17) is 4.74 Å². The molecular weight excluding hydrogens is 162 g/mol. The van der Waals surface area contributed by atoms with Crippen molar-refractivity contribution in [1.82, 2.24) is 4.98 Å². The Hall–Kier alpha value is -1.05. The highest BCUT2D eigenvalue weighted by Crippen LogP contribution is 2.22. The molecular formula is C11H17NO. The summed E-state index contributed by atoms with van der Waals surface area (Å²) in [6, 6.07) is 5.69. The molecule has 0 saturated carbocycles. The van der Waals surface area contributed by atoms with E-state index >= 15 is 0 Å². The summed E-state index contributed by atoms with van der Waals surface area (Å²) >= 11 is 0. The Kier molecular flexibility index (Phi) is 2.91. The van der Waals surface area contributed by atoms with Crippen LogP contribution in [0.3, 0.4) is 0 Å². The molecule has 0 fully saturated rings. The molecule has 0 radical (unpaired) electrons. The highest BCUT2D eigenvalue weighted by Gasteiger charge is 2.21.